The van der Waals surface area contributed by atoms with Crippen molar-refractivity contribution < 1.29 is 9.50 Å². The molecule has 0 spiro atoms. The fourth-order valence-electron chi connectivity index (χ4n) is 2.72. The van der Waals surface area contributed by atoms with E-state index in [2.05, 4.69) is 16.5 Å². The second kappa shape index (κ2) is 6.65. The molecule has 2 heterocycles. The minimum absolute atomic E-state index is 0.367. The van der Waals surface area contributed by atoms with E-state index in [1.807, 2.05) is 24.4 Å². The van der Waals surface area contributed by atoms with Crippen LogP contribution in [0.25, 0.3) is 18.2 Å². The zero-order chi connectivity index (χ0) is 16.2. The van der Waals surface area contributed by atoms with Crippen LogP contribution in [-0.2, 0) is 0 Å². The topological polar surface area (TPSA) is 36.4 Å². The third-order valence-corrected chi connectivity index (χ3v) is 4.00. The summed E-state index contributed by atoms with van der Waals surface area (Å²) in [5, 5.41) is 9.56. The maximum Gasteiger partial charge on any atom is 0.166 e. The minimum Gasteiger partial charge on any atom is -0.504 e. The molecule has 0 amide bonds. The maximum atomic E-state index is 13.6. The second-order valence-corrected chi connectivity index (χ2v) is 5.62. The molecular formula is C19H19FN2O. The normalized spacial score (nSPS) is 14.6. The lowest BCUT2D eigenvalue weighted by molar-refractivity contribution is 0.431. The Kier molecular flexibility index (Phi) is 4.42. The number of phenols is 1. The van der Waals surface area contributed by atoms with Gasteiger partial charge in [-0.15, -0.1) is 0 Å². The number of aromatic nitrogens is 1. The third-order valence-electron chi connectivity index (χ3n) is 4.00. The molecule has 1 fully saturated rings. The first kappa shape index (κ1) is 15.3. The average Bonchev–Trinajstić information content (AvgIpc) is 3.11. The number of anilines is 1. The van der Waals surface area contributed by atoms with Gasteiger partial charge in [-0.05, 0) is 48.2 Å². The van der Waals surface area contributed by atoms with Crippen molar-refractivity contribution in [3.8, 4) is 5.75 Å². The highest BCUT2D eigenvalue weighted by Crippen LogP contribution is 2.25. The first-order valence-corrected chi connectivity index (χ1v) is 7.71. The van der Waals surface area contributed by atoms with Crippen LogP contribution < -0.4 is 4.90 Å². The van der Waals surface area contributed by atoms with E-state index in [0.717, 1.165) is 24.5 Å². The zero-order valence-corrected chi connectivity index (χ0v) is 12.9. The van der Waals surface area contributed by atoms with Gasteiger partial charge < -0.3 is 10.0 Å². The van der Waals surface area contributed by atoms with Crippen LogP contribution in [0.1, 0.15) is 29.5 Å². The second-order valence-electron chi connectivity index (χ2n) is 5.62. The summed E-state index contributed by atoms with van der Waals surface area (Å²) in [5.41, 5.74) is 1.99. The summed E-state index contributed by atoms with van der Waals surface area (Å²) in [6, 6.07) is 7.00. The number of phenolic OH excluding ortho intramolecular Hbond substituents is 1. The highest BCUT2D eigenvalue weighted by molar-refractivity contribution is 5.72. The molecule has 3 nitrogen and oxygen atoms in total. The van der Waals surface area contributed by atoms with Gasteiger partial charge in [-0.2, -0.15) is 0 Å². The number of benzene rings is 1. The molecular weight excluding hydrogens is 291 g/mol. The van der Waals surface area contributed by atoms with Crippen molar-refractivity contribution in [1.29, 1.82) is 0 Å². The summed E-state index contributed by atoms with van der Waals surface area (Å²) in [7, 11) is 0. The molecule has 1 aromatic heterocycles. The Balaban J connectivity index is 1.77. The molecule has 1 aromatic carbocycles. The zero-order valence-electron chi connectivity index (χ0n) is 12.9. The summed E-state index contributed by atoms with van der Waals surface area (Å²) >= 11 is 0. The number of hydrogen-bond acceptors (Lipinski definition) is 3. The first-order chi connectivity index (χ1) is 11.2. The molecule has 0 saturated carbocycles. The summed E-state index contributed by atoms with van der Waals surface area (Å²) in [6.07, 6.45) is 9.36. The fraction of sp³-hybridized carbons (Fsp3) is 0.211. The van der Waals surface area contributed by atoms with Gasteiger partial charge in [-0.1, -0.05) is 24.8 Å². The van der Waals surface area contributed by atoms with E-state index in [-0.39, 0.29) is 5.75 Å². The lowest BCUT2D eigenvalue weighted by Crippen LogP contribution is -2.18. The molecule has 1 aliphatic heterocycles. The summed E-state index contributed by atoms with van der Waals surface area (Å²) < 4.78 is 13.6. The largest absolute Gasteiger partial charge is 0.504 e. The van der Waals surface area contributed by atoms with Crippen LogP contribution in [-0.4, -0.2) is 23.2 Å². The molecule has 0 aliphatic carbocycles. The third kappa shape index (κ3) is 3.42. The molecule has 4 heteroatoms. The van der Waals surface area contributed by atoms with E-state index < -0.39 is 5.82 Å². The van der Waals surface area contributed by atoms with Crippen LogP contribution in [0.3, 0.4) is 0 Å². The molecule has 118 valence electrons. The predicted molar refractivity (Wildman–Crippen MR) is 92.8 cm³/mol. The van der Waals surface area contributed by atoms with Crippen molar-refractivity contribution in [3.05, 3.63) is 59.5 Å². The molecule has 23 heavy (non-hydrogen) atoms. The lowest BCUT2D eigenvalue weighted by atomic mass is 10.1. The molecule has 1 aliphatic rings. The number of nitrogens with zero attached hydrogens (tertiary/aromatic N) is 2. The van der Waals surface area contributed by atoms with Crippen LogP contribution in [0.4, 0.5) is 10.2 Å². The average molecular weight is 310 g/mol. The molecule has 0 radical (unpaired) electrons. The van der Waals surface area contributed by atoms with E-state index in [0.29, 0.717) is 11.1 Å². The van der Waals surface area contributed by atoms with Crippen LogP contribution in [0, 0.1) is 5.82 Å². The highest BCUT2D eigenvalue weighted by Gasteiger charge is 2.12. The Morgan fingerprint density at radius 2 is 1.87 bits per heavy atom. The Morgan fingerprint density at radius 3 is 2.52 bits per heavy atom. The van der Waals surface area contributed by atoms with Gasteiger partial charge in [0.25, 0.3) is 0 Å². The Hall–Kier alpha value is -2.62. The molecule has 0 atom stereocenters. The monoisotopic (exact) mass is 310 g/mol. The Bertz CT molecular complexity index is 732. The number of pyridine rings is 1. The molecule has 0 unspecified atom stereocenters. The summed E-state index contributed by atoms with van der Waals surface area (Å²) in [4.78, 5) is 6.76. The van der Waals surface area contributed by atoms with E-state index in [1.165, 1.54) is 25.0 Å². The van der Waals surface area contributed by atoms with Gasteiger partial charge in [0, 0.05) is 24.8 Å². The smallest absolute Gasteiger partial charge is 0.166 e. The number of aromatic hydroxyl groups is 1. The SMILES string of the molecule is C=Cc1cc(/C=C/c2ccc(N3CCCC3)nc2)cc(F)c1O. The van der Waals surface area contributed by atoms with Crippen molar-refractivity contribution in [2.45, 2.75) is 12.8 Å². The Morgan fingerprint density at radius 1 is 1.13 bits per heavy atom. The standard InChI is InChI=1S/C19H19FN2O/c1-2-16-11-15(12-17(20)19(16)23)6-5-14-7-8-18(21-13-14)22-9-3-4-10-22/h2,5-8,11-13,23H,1,3-4,9-10H2/b6-5+. The van der Waals surface area contributed by atoms with E-state index in [9.17, 15) is 9.50 Å². The molecule has 1 saturated heterocycles. The van der Waals surface area contributed by atoms with Gasteiger partial charge in [0.05, 0.1) is 0 Å². The summed E-state index contributed by atoms with van der Waals surface area (Å²) in [6.45, 7) is 5.71. The van der Waals surface area contributed by atoms with Crippen molar-refractivity contribution in [2.75, 3.05) is 18.0 Å². The lowest BCUT2D eigenvalue weighted by Gasteiger charge is -2.15. The van der Waals surface area contributed by atoms with Crippen LogP contribution >= 0.6 is 0 Å². The fourth-order valence-corrected chi connectivity index (χ4v) is 2.72. The summed E-state index contributed by atoms with van der Waals surface area (Å²) in [5.74, 6) is -0.0115. The highest BCUT2D eigenvalue weighted by atomic mass is 19.1. The number of rotatable bonds is 4. The van der Waals surface area contributed by atoms with Crippen LogP contribution in [0.2, 0.25) is 0 Å². The van der Waals surface area contributed by atoms with Gasteiger partial charge in [-0.3, -0.25) is 0 Å². The molecule has 0 bridgehead atoms. The quantitative estimate of drug-likeness (QED) is 0.912. The maximum absolute atomic E-state index is 13.6. The van der Waals surface area contributed by atoms with Crippen LogP contribution in [0.5, 0.6) is 5.75 Å². The van der Waals surface area contributed by atoms with E-state index in [4.69, 9.17) is 0 Å². The predicted octanol–water partition coefficient (Wildman–Crippen LogP) is 4.34. The van der Waals surface area contributed by atoms with Crippen LogP contribution in [0.15, 0.2) is 37.0 Å². The van der Waals surface area contributed by atoms with Crippen molar-refractivity contribution in [3.63, 3.8) is 0 Å². The van der Waals surface area contributed by atoms with Gasteiger partial charge >= 0.3 is 0 Å². The van der Waals surface area contributed by atoms with E-state index in [1.54, 1.807) is 12.1 Å². The van der Waals surface area contributed by atoms with E-state index >= 15 is 0 Å². The molecule has 2 aromatic rings. The van der Waals surface area contributed by atoms with Crippen molar-refractivity contribution in [1.82, 2.24) is 4.98 Å². The Labute approximate surface area is 135 Å². The van der Waals surface area contributed by atoms with Gasteiger partial charge in [0.2, 0.25) is 0 Å². The number of hydrogen-bond donors (Lipinski definition) is 1. The first-order valence-electron chi connectivity index (χ1n) is 7.71. The molecule has 3 rings (SSSR count). The molecule has 1 N–H and O–H groups in total. The minimum atomic E-state index is -0.649. The van der Waals surface area contributed by atoms with Crippen molar-refractivity contribution >= 4 is 24.0 Å². The van der Waals surface area contributed by atoms with Gasteiger partial charge in [0.1, 0.15) is 5.82 Å². The van der Waals surface area contributed by atoms with Crippen molar-refractivity contribution in [2.24, 2.45) is 0 Å². The van der Waals surface area contributed by atoms with Gasteiger partial charge in [0.15, 0.2) is 11.6 Å². The van der Waals surface area contributed by atoms with Gasteiger partial charge in [-0.25, -0.2) is 9.37 Å². The number of halogens is 1.